The molecular formula is C97H134N24O19S2. The molecule has 0 saturated carbocycles. The zero-order valence-electron chi connectivity index (χ0n) is 83.7. The van der Waals surface area contributed by atoms with Crippen LogP contribution in [0.5, 0.6) is 0 Å². The Kier molecular flexibility index (Phi) is 40.3. The van der Waals surface area contributed by atoms with E-state index < -0.39 is 102 Å². The lowest BCUT2D eigenvalue weighted by atomic mass is 9.90. The fraction of sp³-hybridized carbons (Fsp3) is 0.474. The summed E-state index contributed by atoms with van der Waals surface area (Å²) in [4.78, 5) is 174. The molecular weight excluding hydrogens is 1870 g/mol. The Morgan fingerprint density at radius 3 is 0.951 bits per heavy atom. The number of nitrogen functional groups attached to an aromatic ring is 3. The molecule has 142 heavy (non-hydrogen) atoms. The van der Waals surface area contributed by atoms with Crippen LogP contribution in [0.4, 0.5) is 83.7 Å². The highest BCUT2D eigenvalue weighted by atomic mass is 32.2. The van der Waals surface area contributed by atoms with Gasteiger partial charge in [0.1, 0.15) is 63.3 Å². The van der Waals surface area contributed by atoms with E-state index in [4.69, 9.17) is 36.5 Å². The van der Waals surface area contributed by atoms with Gasteiger partial charge in [0, 0.05) is 50.5 Å². The largest absolute Gasteiger partial charge is 0.474 e. The van der Waals surface area contributed by atoms with Gasteiger partial charge in [0.2, 0.25) is 20.0 Å². The summed E-state index contributed by atoms with van der Waals surface area (Å²) in [6.07, 6.45) is 21.7. The van der Waals surface area contributed by atoms with Gasteiger partial charge in [-0.25, -0.2) is 75.9 Å². The number of ether oxygens (including phenoxy) is 3. The van der Waals surface area contributed by atoms with E-state index in [1.807, 2.05) is 59.9 Å². The molecule has 8 aromatic heterocycles. The molecule has 8 unspecified atom stereocenters. The summed E-state index contributed by atoms with van der Waals surface area (Å²) in [6, 6.07) is 20.1. The molecule has 10 amide bonds. The van der Waals surface area contributed by atoms with E-state index in [0.29, 0.717) is 138 Å². The smallest absolute Gasteiger partial charge is 0.413 e. The third kappa shape index (κ3) is 36.4. The minimum absolute atomic E-state index is 0.171. The van der Waals surface area contributed by atoms with Crippen molar-refractivity contribution in [3.8, 4) is 0 Å². The number of aromatic nitrogens is 8. The molecule has 8 atom stereocenters. The van der Waals surface area contributed by atoms with Crippen LogP contribution in [-0.2, 0) is 98.3 Å². The number of likely N-dealkylation sites (tertiary alicyclic amines) is 3. The lowest BCUT2D eigenvalue weighted by Crippen LogP contribution is -2.46. The van der Waals surface area contributed by atoms with Crippen molar-refractivity contribution in [2.75, 3.05) is 103 Å². The van der Waals surface area contributed by atoms with Gasteiger partial charge in [0.25, 0.3) is 0 Å². The highest BCUT2D eigenvalue weighted by Gasteiger charge is 2.39. The topological polar surface area (TPSA) is 615 Å². The second-order valence-corrected chi connectivity index (χ2v) is 41.7. The molecule has 4 aliphatic rings. The van der Waals surface area contributed by atoms with E-state index in [2.05, 4.69) is 112 Å². The van der Waals surface area contributed by atoms with E-state index in [-0.39, 0.29) is 53.2 Å². The SMILES string of the molecule is CC1CCC(c2ccc(N)nc2)NC1.CCc1cc(NC(=O)C(=O)N2CC(C)CCC2c2ccc(N)nc2)cnc1NC(=O)OC(C)(C)C.CCc1cc(NC(=O)C(=O)N2CC(C)CCC2c2ccc(NS(C)(=O)=O)nc2)cnc1N.CCc1cc(NC(=O)C(=O)N2CC(C)CCC2c2ccc(NS(C)(=O)=O)nc2)cnc1NC(=O)OC(C)(C)C.CCc1cc(NC(=O)C(=O)O)cnc1NC(=O)OC(C)(C)C. The number of anilines is 12. The first-order valence-electron chi connectivity index (χ1n) is 46.7. The number of pyridine rings is 8. The van der Waals surface area contributed by atoms with E-state index in [1.54, 1.807) is 127 Å². The molecule has 0 radical (unpaired) electrons. The van der Waals surface area contributed by atoms with Gasteiger partial charge in [-0.15, -0.1) is 0 Å². The van der Waals surface area contributed by atoms with Crippen molar-refractivity contribution in [2.24, 2.45) is 23.7 Å². The average molecular weight is 2000 g/mol. The molecule has 8 aromatic rings. The van der Waals surface area contributed by atoms with Gasteiger partial charge in [0.15, 0.2) is 0 Å². The number of sulfonamides is 2. The number of aliphatic carboxylic acids is 1. The summed E-state index contributed by atoms with van der Waals surface area (Å²) >= 11 is 0. The van der Waals surface area contributed by atoms with Gasteiger partial charge in [0.05, 0.1) is 78.2 Å². The Morgan fingerprint density at radius 2 is 0.676 bits per heavy atom. The fourth-order valence-corrected chi connectivity index (χ4v) is 16.5. The first-order valence-corrected chi connectivity index (χ1v) is 50.5. The molecule has 4 aliphatic heterocycles. The van der Waals surface area contributed by atoms with Crippen molar-refractivity contribution in [3.63, 3.8) is 0 Å². The predicted octanol–water partition coefficient (Wildman–Crippen LogP) is 13.3. The number of hydrogen-bond donors (Lipinski definition) is 14. The number of aryl methyl sites for hydroxylation is 4. The maximum absolute atomic E-state index is 13.3. The van der Waals surface area contributed by atoms with Crippen LogP contribution in [0, 0.1) is 23.7 Å². The number of nitrogens with two attached hydrogens (primary N) is 3. The Bertz CT molecular complexity index is 6000. The second-order valence-electron chi connectivity index (χ2n) is 38.2. The first-order chi connectivity index (χ1) is 66.6. The number of carboxylic acids is 1. The van der Waals surface area contributed by atoms with Gasteiger partial charge in [-0.2, -0.15) is 0 Å². The number of amides is 10. The standard InChI is InChI=1S/C26H36N6O6S.C25H34N6O4.C21H28N6O4S.C14H19N3O5.C11H17N3/c1-7-17-12-19(14-28-22(17)30-25(35)38-26(3,4)5)29-23(33)24(34)32-15-16(2)8-10-20(32)18-9-11-21(27-13-18)31-39(6,36)37;1-6-16-11-18(13-28-21(16)30-24(34)35-25(3,4)5)29-22(32)23(33)31-14-15(2)7-9-19(31)17-8-10-20(26)27-12-17;1-4-14-9-16(11-24-19(14)22)25-20(28)21(29)27-12-13(2)5-7-17(27)15-6-8-18(23-10-15)26-32(3,30)31;1-5-8-6-9(16-11(18)12(19)20)7-15-10(8)17-13(21)22-14(2,3)4;1-8-2-4-10(13-6-8)9-3-5-11(12)14-7-9/h9,11-14,16,20H,7-8,10,15H2,1-6H3,(H,27,31)(H,29,33)(H,28,30,35);8,10-13,15,19H,6-7,9,14H2,1-5H3,(H2,26,27)(H,29,32)(H,28,30,34);6,8-11,13,17H,4-5,7,12H2,1-3H3,(H2,22,24)(H,23,26)(H,25,28);6-7H,5H2,1-4H3,(H,16,18)(H,19,20)(H,15,17,21);3,5,7-8,10,13H,2,4,6H2,1H3,(H2,12,14). The monoisotopic (exact) mass is 2000 g/mol. The highest BCUT2D eigenvalue weighted by Crippen LogP contribution is 2.38. The molecule has 4 fully saturated rings. The number of carboxylic acid groups (broad SMARTS) is 1. The number of nitrogens with one attached hydrogen (secondary N) is 10. The molecule has 0 aromatic carbocycles. The van der Waals surface area contributed by atoms with Crippen molar-refractivity contribution in [2.45, 2.75) is 236 Å². The van der Waals surface area contributed by atoms with Crippen LogP contribution < -0.4 is 69.2 Å². The fourth-order valence-electron chi connectivity index (χ4n) is 15.5. The van der Waals surface area contributed by atoms with Crippen molar-refractivity contribution in [1.29, 1.82) is 0 Å². The highest BCUT2D eigenvalue weighted by molar-refractivity contribution is 7.92. The van der Waals surface area contributed by atoms with Crippen LogP contribution in [-0.4, -0.2) is 198 Å². The van der Waals surface area contributed by atoms with E-state index >= 15 is 0 Å². The second kappa shape index (κ2) is 50.7. The van der Waals surface area contributed by atoms with Crippen LogP contribution in [0.1, 0.15) is 238 Å². The molecule has 12 heterocycles. The van der Waals surface area contributed by atoms with Gasteiger partial charge >= 0.3 is 65.6 Å². The lowest BCUT2D eigenvalue weighted by Gasteiger charge is -2.38. The van der Waals surface area contributed by atoms with Gasteiger partial charge in [-0.3, -0.25) is 59.0 Å². The molecule has 0 bridgehead atoms. The summed E-state index contributed by atoms with van der Waals surface area (Å²) in [6.45, 7) is 34.1. The molecule has 768 valence electrons. The molecule has 45 heteroatoms. The van der Waals surface area contributed by atoms with Gasteiger partial charge in [-0.05, 0) is 263 Å². The lowest BCUT2D eigenvalue weighted by molar-refractivity contribution is -0.147. The van der Waals surface area contributed by atoms with Gasteiger partial charge < -0.3 is 77.8 Å². The Balaban J connectivity index is 0.000000224. The number of rotatable bonds is 19. The normalized spacial score (nSPS) is 17.9. The maximum Gasteiger partial charge on any atom is 0.413 e. The number of carbonyl (C=O) groups excluding carboxylic acids is 10. The van der Waals surface area contributed by atoms with Crippen molar-refractivity contribution in [3.05, 3.63) is 167 Å². The van der Waals surface area contributed by atoms with Crippen molar-refractivity contribution in [1.82, 2.24) is 59.9 Å². The summed E-state index contributed by atoms with van der Waals surface area (Å²) in [5.74, 6) is -2.80. The zero-order chi connectivity index (χ0) is 105. The van der Waals surface area contributed by atoms with Crippen LogP contribution >= 0.6 is 0 Å². The van der Waals surface area contributed by atoms with Crippen LogP contribution in [0.3, 0.4) is 0 Å². The first kappa shape index (κ1) is 113. The van der Waals surface area contributed by atoms with Crippen LogP contribution in [0.15, 0.2) is 122 Å². The van der Waals surface area contributed by atoms with Gasteiger partial charge in [-0.1, -0.05) is 79.7 Å². The third-order valence-corrected chi connectivity index (χ3v) is 23.5. The minimum Gasteiger partial charge on any atom is -0.474 e. The quantitative estimate of drug-likeness (QED) is 0.0264. The Labute approximate surface area is 828 Å². The maximum atomic E-state index is 13.3. The molecule has 43 nitrogen and oxygen atoms in total. The Hall–Kier alpha value is -14.4. The summed E-state index contributed by atoms with van der Waals surface area (Å²) in [5.41, 5.74) is 22.8. The zero-order valence-corrected chi connectivity index (χ0v) is 85.4. The number of nitrogens with zero attached hydrogens (tertiary/aromatic N) is 11. The van der Waals surface area contributed by atoms with Crippen LogP contribution in [0.2, 0.25) is 0 Å². The molecule has 17 N–H and O–H groups in total. The predicted molar refractivity (Wildman–Crippen MR) is 541 cm³/mol. The number of carbonyl (C=O) groups is 11. The Morgan fingerprint density at radius 1 is 0.380 bits per heavy atom. The third-order valence-electron chi connectivity index (χ3n) is 22.3. The molecule has 0 spiro atoms. The molecule has 12 rings (SSSR count). The molecule has 0 aliphatic carbocycles. The minimum atomic E-state index is -3.47. The summed E-state index contributed by atoms with van der Waals surface area (Å²) in [7, 11) is -6.91. The summed E-state index contributed by atoms with van der Waals surface area (Å²) < 4.78 is 66.0. The van der Waals surface area contributed by atoms with Crippen molar-refractivity contribution < 1.29 is 88.9 Å². The van der Waals surface area contributed by atoms with E-state index in [9.17, 15) is 69.6 Å². The van der Waals surface area contributed by atoms with Crippen LogP contribution in [0.25, 0.3) is 0 Å². The van der Waals surface area contributed by atoms with Crippen molar-refractivity contribution >= 4 is 155 Å². The van der Waals surface area contributed by atoms with E-state index in [1.165, 1.54) is 66.6 Å². The summed E-state index contributed by atoms with van der Waals surface area (Å²) in [5, 5.41) is 29.9. The molecule has 4 saturated heterocycles. The number of piperidine rings is 4. The van der Waals surface area contributed by atoms with E-state index in [0.717, 1.165) is 67.3 Å². The average Bonchev–Trinajstić information content (AvgIpc) is 0.804. The number of hydrogen-bond acceptors (Lipinski definition) is 30.